The lowest BCUT2D eigenvalue weighted by molar-refractivity contribution is 0.0600. The molecule has 0 amide bonds. The van der Waals surface area contributed by atoms with E-state index in [0.29, 0.717) is 17.8 Å². The zero-order chi connectivity index (χ0) is 15.9. The molecule has 0 bridgehead atoms. The van der Waals surface area contributed by atoms with Crippen LogP contribution in [0.3, 0.4) is 0 Å². The van der Waals surface area contributed by atoms with Crippen molar-refractivity contribution in [3.05, 3.63) is 52.0 Å². The lowest BCUT2D eigenvalue weighted by Crippen LogP contribution is -2.25. The maximum atomic E-state index is 11.4. The van der Waals surface area contributed by atoms with Crippen LogP contribution in [0.2, 0.25) is 0 Å². The van der Waals surface area contributed by atoms with Gasteiger partial charge >= 0.3 is 5.97 Å². The summed E-state index contributed by atoms with van der Waals surface area (Å²) in [6.45, 7) is 3.29. The van der Waals surface area contributed by atoms with E-state index < -0.39 is 6.10 Å². The molecular formula is C16H20N2O3S. The summed E-state index contributed by atoms with van der Waals surface area (Å²) in [6, 6.07) is 7.38. The third-order valence-corrected chi connectivity index (χ3v) is 4.09. The van der Waals surface area contributed by atoms with Crippen molar-refractivity contribution >= 4 is 17.3 Å². The first kappa shape index (κ1) is 16.6. The molecule has 0 radical (unpaired) electrons. The number of nitrogens with one attached hydrogen (secondary N) is 1. The van der Waals surface area contributed by atoms with Crippen LogP contribution in [-0.4, -0.2) is 36.3 Å². The number of nitrogens with zero attached hydrogens (tertiary/aromatic N) is 1. The molecule has 0 saturated carbocycles. The van der Waals surface area contributed by atoms with Crippen molar-refractivity contribution in [2.45, 2.75) is 18.9 Å². The third kappa shape index (κ3) is 4.37. The molecule has 0 fully saturated rings. The SMILES string of the molecule is COC(=O)c1ccc(C(C)CNCC(O)c2cscn2)cc1. The molecule has 1 aromatic carbocycles. The number of carbonyl (C=O) groups is 1. The Kier molecular flexibility index (Phi) is 6.06. The van der Waals surface area contributed by atoms with Gasteiger partial charge in [-0.15, -0.1) is 11.3 Å². The highest BCUT2D eigenvalue weighted by Crippen LogP contribution is 2.16. The molecule has 1 aromatic heterocycles. The number of aliphatic hydroxyl groups excluding tert-OH is 1. The maximum Gasteiger partial charge on any atom is 0.337 e. The van der Waals surface area contributed by atoms with E-state index >= 15 is 0 Å². The normalized spacial score (nSPS) is 13.6. The van der Waals surface area contributed by atoms with E-state index in [-0.39, 0.29) is 11.9 Å². The topological polar surface area (TPSA) is 71.5 Å². The number of thiazole rings is 1. The lowest BCUT2D eigenvalue weighted by atomic mass is 9.99. The van der Waals surface area contributed by atoms with Crippen LogP contribution in [0.15, 0.2) is 35.2 Å². The van der Waals surface area contributed by atoms with Crippen LogP contribution in [0.5, 0.6) is 0 Å². The van der Waals surface area contributed by atoms with Gasteiger partial charge in [0.15, 0.2) is 0 Å². The first-order valence-corrected chi connectivity index (χ1v) is 8.01. The minimum absolute atomic E-state index is 0.273. The Bertz CT molecular complexity index is 584. The smallest absolute Gasteiger partial charge is 0.337 e. The number of carbonyl (C=O) groups excluding carboxylic acids is 1. The number of aromatic nitrogens is 1. The average Bonchev–Trinajstić information content (AvgIpc) is 3.08. The van der Waals surface area contributed by atoms with Gasteiger partial charge < -0.3 is 15.2 Å². The Labute approximate surface area is 134 Å². The molecule has 6 heteroatoms. The minimum atomic E-state index is -0.583. The van der Waals surface area contributed by atoms with Crippen LogP contribution in [0.1, 0.15) is 40.6 Å². The predicted octanol–water partition coefficient (Wildman–Crippen LogP) is 2.36. The molecule has 2 rings (SSSR count). The van der Waals surface area contributed by atoms with Gasteiger partial charge in [0.2, 0.25) is 0 Å². The van der Waals surface area contributed by atoms with Crippen molar-refractivity contribution in [1.29, 1.82) is 0 Å². The lowest BCUT2D eigenvalue weighted by Gasteiger charge is -2.15. The second kappa shape index (κ2) is 8.03. The standard InChI is InChI=1S/C16H20N2O3S/c1-11(7-17-8-15(19)14-9-22-10-18-14)12-3-5-13(6-4-12)16(20)21-2/h3-6,9-11,15,17,19H,7-8H2,1-2H3. The highest BCUT2D eigenvalue weighted by atomic mass is 32.1. The fourth-order valence-corrected chi connectivity index (χ4v) is 2.71. The van der Waals surface area contributed by atoms with Crippen molar-refractivity contribution in [2.24, 2.45) is 0 Å². The van der Waals surface area contributed by atoms with Crippen molar-refractivity contribution in [3.8, 4) is 0 Å². The predicted molar refractivity (Wildman–Crippen MR) is 86.1 cm³/mol. The van der Waals surface area contributed by atoms with E-state index in [2.05, 4.69) is 22.0 Å². The molecule has 118 valence electrons. The number of ether oxygens (including phenoxy) is 1. The van der Waals surface area contributed by atoms with Gasteiger partial charge in [-0.3, -0.25) is 0 Å². The summed E-state index contributed by atoms with van der Waals surface area (Å²) in [5, 5.41) is 15.0. The molecule has 2 aromatic rings. The summed E-state index contributed by atoms with van der Waals surface area (Å²) in [5.74, 6) is -0.0574. The minimum Gasteiger partial charge on any atom is -0.465 e. The first-order valence-electron chi connectivity index (χ1n) is 7.07. The summed E-state index contributed by atoms with van der Waals surface area (Å²) < 4.78 is 4.68. The van der Waals surface area contributed by atoms with E-state index in [0.717, 1.165) is 12.1 Å². The molecule has 2 unspecified atom stereocenters. The largest absolute Gasteiger partial charge is 0.465 e. The molecule has 0 spiro atoms. The number of esters is 1. The van der Waals surface area contributed by atoms with Crippen molar-refractivity contribution in [1.82, 2.24) is 10.3 Å². The Morgan fingerprint density at radius 2 is 2.09 bits per heavy atom. The van der Waals surface area contributed by atoms with Gasteiger partial charge in [0, 0.05) is 18.5 Å². The van der Waals surface area contributed by atoms with Crippen molar-refractivity contribution in [3.63, 3.8) is 0 Å². The van der Waals surface area contributed by atoms with Crippen LogP contribution in [-0.2, 0) is 4.74 Å². The molecule has 22 heavy (non-hydrogen) atoms. The molecule has 0 aliphatic rings. The van der Waals surface area contributed by atoms with Gasteiger partial charge in [0.25, 0.3) is 0 Å². The van der Waals surface area contributed by atoms with E-state index in [1.165, 1.54) is 18.4 Å². The van der Waals surface area contributed by atoms with Crippen molar-refractivity contribution in [2.75, 3.05) is 20.2 Å². The van der Waals surface area contributed by atoms with Crippen LogP contribution < -0.4 is 5.32 Å². The Balaban J connectivity index is 1.82. The summed E-state index contributed by atoms with van der Waals surface area (Å²) in [5.41, 5.74) is 4.09. The monoisotopic (exact) mass is 320 g/mol. The molecule has 1 heterocycles. The zero-order valence-electron chi connectivity index (χ0n) is 12.7. The number of hydrogen-bond donors (Lipinski definition) is 2. The van der Waals surface area contributed by atoms with Crippen LogP contribution in [0, 0.1) is 0 Å². The molecule has 0 saturated heterocycles. The second-order valence-electron chi connectivity index (χ2n) is 5.10. The zero-order valence-corrected chi connectivity index (χ0v) is 13.5. The third-order valence-electron chi connectivity index (χ3n) is 3.48. The Morgan fingerprint density at radius 3 is 2.68 bits per heavy atom. The molecule has 2 atom stereocenters. The van der Waals surface area contributed by atoms with Gasteiger partial charge in [-0.05, 0) is 23.6 Å². The summed E-state index contributed by atoms with van der Waals surface area (Å²) in [6.07, 6.45) is -0.583. The molecule has 5 nitrogen and oxygen atoms in total. The number of aliphatic hydroxyl groups is 1. The highest BCUT2D eigenvalue weighted by Gasteiger charge is 2.11. The second-order valence-corrected chi connectivity index (χ2v) is 5.82. The summed E-state index contributed by atoms with van der Waals surface area (Å²) >= 11 is 1.47. The molecule has 0 aliphatic carbocycles. The fraction of sp³-hybridized carbons (Fsp3) is 0.375. The van der Waals surface area contributed by atoms with Crippen LogP contribution in [0.4, 0.5) is 0 Å². The number of rotatable bonds is 7. The summed E-state index contributed by atoms with van der Waals surface area (Å²) in [4.78, 5) is 15.5. The Morgan fingerprint density at radius 1 is 1.36 bits per heavy atom. The van der Waals surface area contributed by atoms with E-state index in [1.54, 1.807) is 17.6 Å². The van der Waals surface area contributed by atoms with E-state index in [1.807, 2.05) is 17.5 Å². The van der Waals surface area contributed by atoms with Gasteiger partial charge in [-0.2, -0.15) is 0 Å². The number of hydrogen-bond acceptors (Lipinski definition) is 6. The summed E-state index contributed by atoms with van der Waals surface area (Å²) in [7, 11) is 1.37. The van der Waals surface area contributed by atoms with Gasteiger partial charge in [-0.25, -0.2) is 9.78 Å². The van der Waals surface area contributed by atoms with E-state index in [4.69, 9.17) is 0 Å². The van der Waals surface area contributed by atoms with Crippen molar-refractivity contribution < 1.29 is 14.6 Å². The van der Waals surface area contributed by atoms with Gasteiger partial charge in [-0.1, -0.05) is 19.1 Å². The number of benzene rings is 1. The number of methoxy groups -OCH3 is 1. The maximum absolute atomic E-state index is 11.4. The fourth-order valence-electron chi connectivity index (χ4n) is 2.11. The van der Waals surface area contributed by atoms with E-state index in [9.17, 15) is 9.90 Å². The Hall–Kier alpha value is -1.76. The highest BCUT2D eigenvalue weighted by molar-refractivity contribution is 7.07. The van der Waals surface area contributed by atoms with Gasteiger partial charge in [0.05, 0.1) is 23.9 Å². The van der Waals surface area contributed by atoms with Crippen LogP contribution >= 0.6 is 11.3 Å². The molecular weight excluding hydrogens is 300 g/mol. The molecule has 0 aliphatic heterocycles. The van der Waals surface area contributed by atoms with Crippen LogP contribution in [0.25, 0.3) is 0 Å². The molecule has 2 N–H and O–H groups in total. The first-order chi connectivity index (χ1) is 10.6. The van der Waals surface area contributed by atoms with Gasteiger partial charge in [0.1, 0.15) is 6.10 Å². The quantitative estimate of drug-likeness (QED) is 0.766. The average molecular weight is 320 g/mol.